The number of fused-ring (bicyclic) bond motifs is 1. The second-order valence-electron chi connectivity index (χ2n) is 4.13. The minimum atomic E-state index is 0.791. The van der Waals surface area contributed by atoms with Crippen molar-refractivity contribution < 1.29 is 4.42 Å². The lowest BCUT2D eigenvalue weighted by Gasteiger charge is -2.02. The highest BCUT2D eigenvalue weighted by molar-refractivity contribution is 5.72. The molecule has 2 aromatic rings. The Hall–Kier alpha value is -1.35. The fourth-order valence-corrected chi connectivity index (χ4v) is 1.76. The molecule has 0 bridgehead atoms. The molecule has 3 rings (SSSR count). The van der Waals surface area contributed by atoms with Crippen LogP contribution in [0.4, 0.5) is 0 Å². The Labute approximate surface area is 88.5 Å². The quantitative estimate of drug-likeness (QED) is 0.825. The molecule has 78 valence electrons. The van der Waals surface area contributed by atoms with Crippen molar-refractivity contribution in [2.75, 3.05) is 6.54 Å². The number of hydrogen-bond donors (Lipinski definition) is 1. The van der Waals surface area contributed by atoms with Crippen LogP contribution in [-0.2, 0) is 6.42 Å². The van der Waals surface area contributed by atoms with Crippen molar-refractivity contribution >= 4 is 11.1 Å². The van der Waals surface area contributed by atoms with Gasteiger partial charge in [0.05, 0.1) is 0 Å². The average molecular weight is 202 g/mol. The van der Waals surface area contributed by atoms with E-state index in [-0.39, 0.29) is 0 Å². The molecule has 1 aliphatic rings. The Kier molecular flexibility index (Phi) is 2.18. The third kappa shape index (κ3) is 2.02. The Balaban J connectivity index is 1.67. The molecule has 0 unspecified atom stereocenters. The van der Waals surface area contributed by atoms with E-state index in [9.17, 15) is 0 Å². The first-order chi connectivity index (χ1) is 7.42. The van der Waals surface area contributed by atoms with Crippen LogP contribution < -0.4 is 5.32 Å². The minimum Gasteiger partial charge on any atom is -0.443 e. The fourth-order valence-electron chi connectivity index (χ4n) is 1.76. The molecule has 1 fully saturated rings. The third-order valence-corrected chi connectivity index (χ3v) is 2.82. The van der Waals surface area contributed by atoms with E-state index in [4.69, 9.17) is 4.42 Å². The van der Waals surface area contributed by atoms with E-state index in [0.717, 1.165) is 30.1 Å². The van der Waals surface area contributed by atoms with Crippen molar-refractivity contribution in [2.45, 2.75) is 25.3 Å². The smallest absolute Gasteiger partial charge is 0.181 e. The van der Waals surface area contributed by atoms with Gasteiger partial charge in [0.15, 0.2) is 12.0 Å². The molecule has 1 aromatic carbocycles. The zero-order valence-corrected chi connectivity index (χ0v) is 8.57. The van der Waals surface area contributed by atoms with Crippen LogP contribution in [0.2, 0.25) is 0 Å². The maximum atomic E-state index is 5.27. The van der Waals surface area contributed by atoms with Crippen molar-refractivity contribution in [1.29, 1.82) is 0 Å². The second kappa shape index (κ2) is 3.66. The summed E-state index contributed by atoms with van der Waals surface area (Å²) < 4.78 is 5.27. The highest BCUT2D eigenvalue weighted by Crippen LogP contribution is 2.19. The van der Waals surface area contributed by atoms with Crippen LogP contribution in [0.5, 0.6) is 0 Å². The van der Waals surface area contributed by atoms with Gasteiger partial charge >= 0.3 is 0 Å². The number of hydrogen-bond acceptors (Lipinski definition) is 3. The molecule has 1 N–H and O–H groups in total. The van der Waals surface area contributed by atoms with Gasteiger partial charge in [-0.25, -0.2) is 4.98 Å². The molecule has 1 saturated carbocycles. The molecule has 3 heteroatoms. The number of nitrogens with zero attached hydrogens (tertiary/aromatic N) is 1. The first kappa shape index (κ1) is 8.92. The summed E-state index contributed by atoms with van der Waals surface area (Å²) in [6.45, 7) is 1.06. The average Bonchev–Trinajstić information content (AvgIpc) is 2.95. The topological polar surface area (TPSA) is 38.1 Å². The van der Waals surface area contributed by atoms with Gasteiger partial charge in [0.25, 0.3) is 0 Å². The van der Waals surface area contributed by atoms with Crippen molar-refractivity contribution in [1.82, 2.24) is 10.3 Å². The Morgan fingerprint density at radius 1 is 1.40 bits per heavy atom. The van der Waals surface area contributed by atoms with Gasteiger partial charge in [-0.05, 0) is 43.5 Å². The Bertz CT molecular complexity index is 459. The van der Waals surface area contributed by atoms with Gasteiger partial charge in [-0.2, -0.15) is 0 Å². The maximum absolute atomic E-state index is 5.27. The fraction of sp³-hybridized carbons (Fsp3) is 0.417. The van der Waals surface area contributed by atoms with E-state index in [0.29, 0.717) is 0 Å². The molecular weight excluding hydrogens is 188 g/mol. The molecule has 0 atom stereocenters. The van der Waals surface area contributed by atoms with E-state index < -0.39 is 0 Å². The molecule has 1 aromatic heterocycles. The summed E-state index contributed by atoms with van der Waals surface area (Å²) in [5.41, 5.74) is 3.14. The summed E-state index contributed by atoms with van der Waals surface area (Å²) in [6.07, 6.45) is 5.26. The standard InChI is InChI=1S/C12H14N2O/c1-4-11-12(15-8-14-11)7-9(1)5-6-13-10-2-3-10/h1,4,7-8,10,13H,2-3,5-6H2. The van der Waals surface area contributed by atoms with E-state index in [1.54, 1.807) is 0 Å². The van der Waals surface area contributed by atoms with Crippen molar-refractivity contribution in [2.24, 2.45) is 0 Å². The van der Waals surface area contributed by atoms with E-state index in [1.807, 2.05) is 6.07 Å². The summed E-state index contributed by atoms with van der Waals surface area (Å²) in [5, 5.41) is 3.50. The summed E-state index contributed by atoms with van der Waals surface area (Å²) >= 11 is 0. The monoisotopic (exact) mass is 202 g/mol. The second-order valence-corrected chi connectivity index (χ2v) is 4.13. The van der Waals surface area contributed by atoms with Crippen LogP contribution in [0.1, 0.15) is 18.4 Å². The number of rotatable bonds is 4. The summed E-state index contributed by atoms with van der Waals surface area (Å²) in [4.78, 5) is 4.10. The Morgan fingerprint density at radius 2 is 2.33 bits per heavy atom. The molecule has 0 radical (unpaired) electrons. The number of aromatic nitrogens is 1. The molecule has 0 saturated heterocycles. The minimum absolute atomic E-state index is 0.791. The molecule has 0 aliphatic heterocycles. The molecule has 1 heterocycles. The predicted molar refractivity (Wildman–Crippen MR) is 58.7 cm³/mol. The van der Waals surface area contributed by atoms with Gasteiger partial charge in [-0.15, -0.1) is 0 Å². The number of benzene rings is 1. The van der Waals surface area contributed by atoms with Crippen LogP contribution in [-0.4, -0.2) is 17.6 Å². The molecule has 0 spiro atoms. The van der Waals surface area contributed by atoms with Crippen molar-refractivity contribution in [3.05, 3.63) is 30.2 Å². The van der Waals surface area contributed by atoms with Crippen LogP contribution in [0.15, 0.2) is 29.0 Å². The third-order valence-electron chi connectivity index (χ3n) is 2.82. The van der Waals surface area contributed by atoms with Gasteiger partial charge < -0.3 is 9.73 Å². The lowest BCUT2D eigenvalue weighted by atomic mass is 10.1. The molecule has 0 amide bonds. The first-order valence-corrected chi connectivity index (χ1v) is 5.47. The van der Waals surface area contributed by atoms with Crippen LogP contribution in [0, 0.1) is 0 Å². The van der Waals surface area contributed by atoms with Crippen LogP contribution in [0.3, 0.4) is 0 Å². The van der Waals surface area contributed by atoms with E-state index >= 15 is 0 Å². The first-order valence-electron chi connectivity index (χ1n) is 5.47. The van der Waals surface area contributed by atoms with Gasteiger partial charge in [-0.3, -0.25) is 0 Å². The zero-order valence-electron chi connectivity index (χ0n) is 8.57. The van der Waals surface area contributed by atoms with Gasteiger partial charge in [0.1, 0.15) is 5.52 Å². The van der Waals surface area contributed by atoms with Crippen LogP contribution in [0.25, 0.3) is 11.1 Å². The number of nitrogens with one attached hydrogen (secondary N) is 1. The summed E-state index contributed by atoms with van der Waals surface area (Å²) in [6, 6.07) is 7.01. The van der Waals surface area contributed by atoms with Crippen LogP contribution >= 0.6 is 0 Å². The van der Waals surface area contributed by atoms with Gasteiger partial charge in [0.2, 0.25) is 0 Å². The van der Waals surface area contributed by atoms with Crippen molar-refractivity contribution in [3.8, 4) is 0 Å². The molecular formula is C12H14N2O. The largest absolute Gasteiger partial charge is 0.443 e. The van der Waals surface area contributed by atoms with E-state index in [2.05, 4.69) is 22.4 Å². The normalized spacial score (nSPS) is 16.0. The summed E-state index contributed by atoms with van der Waals surface area (Å²) in [5.74, 6) is 0. The molecule has 3 nitrogen and oxygen atoms in total. The number of oxazole rings is 1. The summed E-state index contributed by atoms with van der Waals surface area (Å²) in [7, 11) is 0. The predicted octanol–water partition coefficient (Wildman–Crippen LogP) is 2.12. The molecule has 15 heavy (non-hydrogen) atoms. The lowest BCUT2D eigenvalue weighted by Crippen LogP contribution is -2.19. The zero-order chi connectivity index (χ0) is 10.1. The van der Waals surface area contributed by atoms with Gasteiger partial charge in [0, 0.05) is 6.04 Å². The van der Waals surface area contributed by atoms with E-state index in [1.165, 1.54) is 24.8 Å². The highest BCUT2D eigenvalue weighted by atomic mass is 16.3. The Morgan fingerprint density at radius 3 is 3.20 bits per heavy atom. The highest BCUT2D eigenvalue weighted by Gasteiger charge is 2.19. The molecule has 1 aliphatic carbocycles. The maximum Gasteiger partial charge on any atom is 0.181 e. The lowest BCUT2D eigenvalue weighted by molar-refractivity contribution is 0.601. The van der Waals surface area contributed by atoms with Crippen molar-refractivity contribution in [3.63, 3.8) is 0 Å². The van der Waals surface area contributed by atoms with Gasteiger partial charge in [-0.1, -0.05) is 6.07 Å². The SMILES string of the molecule is c1nc2ccc(CCNC3CC3)cc2o1.